The van der Waals surface area contributed by atoms with Gasteiger partial charge in [0.15, 0.2) is 0 Å². The molecular weight excluding hydrogens is 304 g/mol. The van der Waals surface area contributed by atoms with E-state index in [9.17, 15) is 0 Å². The second-order valence-electron chi connectivity index (χ2n) is 5.85. The third-order valence-electron chi connectivity index (χ3n) is 3.84. The molecule has 6 nitrogen and oxygen atoms in total. The molecule has 6 heteroatoms. The van der Waals surface area contributed by atoms with E-state index in [2.05, 4.69) is 29.3 Å². The van der Waals surface area contributed by atoms with Crippen LogP contribution in [0.15, 0.2) is 28.7 Å². The standard InChI is InChI=1S/C18H28N4O2/c1-3-15-8-6-9-16(14-15)23-13-7-12-22(2)18-21-20-17(24-18)10-4-5-11-19/h6,8-9,14H,3-5,7,10-13,19H2,1-2H3. The lowest BCUT2D eigenvalue weighted by atomic mass is 10.2. The normalized spacial score (nSPS) is 10.8. The third kappa shape index (κ3) is 5.85. The van der Waals surface area contributed by atoms with Crippen molar-refractivity contribution >= 4 is 6.01 Å². The number of nitrogens with two attached hydrogens (primary N) is 1. The number of aryl methyl sites for hydroxylation is 2. The molecule has 0 aliphatic carbocycles. The number of aromatic nitrogens is 2. The van der Waals surface area contributed by atoms with E-state index in [1.54, 1.807) is 0 Å². The SMILES string of the molecule is CCc1cccc(OCCCN(C)c2nnc(CCCCN)o2)c1. The van der Waals surface area contributed by atoms with Gasteiger partial charge in [0.2, 0.25) is 5.89 Å². The molecule has 2 N–H and O–H groups in total. The van der Waals surface area contributed by atoms with Gasteiger partial charge in [-0.2, -0.15) is 0 Å². The van der Waals surface area contributed by atoms with Gasteiger partial charge in [0.1, 0.15) is 5.75 Å². The Bertz CT molecular complexity index is 600. The van der Waals surface area contributed by atoms with Crippen molar-refractivity contribution in [1.29, 1.82) is 0 Å². The Balaban J connectivity index is 1.70. The Morgan fingerprint density at radius 3 is 2.88 bits per heavy atom. The van der Waals surface area contributed by atoms with Crippen molar-refractivity contribution in [3.63, 3.8) is 0 Å². The van der Waals surface area contributed by atoms with E-state index in [1.807, 2.05) is 24.1 Å². The number of ether oxygens (including phenoxy) is 1. The summed E-state index contributed by atoms with van der Waals surface area (Å²) in [5, 5.41) is 8.17. The summed E-state index contributed by atoms with van der Waals surface area (Å²) in [6, 6.07) is 8.79. The van der Waals surface area contributed by atoms with Crippen molar-refractivity contribution in [2.45, 2.75) is 39.0 Å². The molecule has 0 amide bonds. The molecule has 0 aliphatic heterocycles. The Kier molecular flexibility index (Phi) is 7.55. The van der Waals surface area contributed by atoms with Crippen molar-refractivity contribution in [1.82, 2.24) is 10.2 Å². The lowest BCUT2D eigenvalue weighted by Crippen LogP contribution is -2.20. The van der Waals surface area contributed by atoms with Crippen LogP contribution in [0.5, 0.6) is 5.75 Å². The molecule has 0 unspecified atom stereocenters. The first kappa shape index (κ1) is 18.3. The van der Waals surface area contributed by atoms with Gasteiger partial charge < -0.3 is 19.8 Å². The topological polar surface area (TPSA) is 77.4 Å². The molecule has 0 bridgehead atoms. The number of benzene rings is 1. The molecule has 0 saturated carbocycles. The van der Waals surface area contributed by atoms with Gasteiger partial charge in [-0.25, -0.2) is 0 Å². The average molecular weight is 332 g/mol. The summed E-state index contributed by atoms with van der Waals surface area (Å²) in [6.45, 7) is 4.30. The van der Waals surface area contributed by atoms with Gasteiger partial charge in [-0.3, -0.25) is 0 Å². The molecule has 1 aromatic carbocycles. The summed E-state index contributed by atoms with van der Waals surface area (Å²) < 4.78 is 11.5. The maximum Gasteiger partial charge on any atom is 0.317 e. The zero-order valence-corrected chi connectivity index (χ0v) is 14.7. The van der Waals surface area contributed by atoms with Crippen molar-refractivity contribution in [3.8, 4) is 5.75 Å². The molecule has 0 spiro atoms. The number of unbranched alkanes of at least 4 members (excludes halogenated alkanes) is 1. The third-order valence-corrected chi connectivity index (χ3v) is 3.84. The molecule has 0 atom stereocenters. The highest BCUT2D eigenvalue weighted by Crippen LogP contribution is 2.15. The van der Waals surface area contributed by atoms with Gasteiger partial charge in [-0.1, -0.05) is 24.2 Å². The van der Waals surface area contributed by atoms with Crippen molar-refractivity contribution in [3.05, 3.63) is 35.7 Å². The van der Waals surface area contributed by atoms with E-state index >= 15 is 0 Å². The quantitative estimate of drug-likeness (QED) is 0.638. The number of hydrogen-bond acceptors (Lipinski definition) is 6. The smallest absolute Gasteiger partial charge is 0.317 e. The first-order valence-electron chi connectivity index (χ1n) is 8.68. The molecule has 24 heavy (non-hydrogen) atoms. The number of anilines is 1. The second-order valence-corrected chi connectivity index (χ2v) is 5.85. The van der Waals surface area contributed by atoms with E-state index < -0.39 is 0 Å². The maximum absolute atomic E-state index is 5.80. The summed E-state index contributed by atoms with van der Waals surface area (Å²) in [4.78, 5) is 1.96. The fraction of sp³-hybridized carbons (Fsp3) is 0.556. The van der Waals surface area contributed by atoms with Crippen LogP contribution >= 0.6 is 0 Å². The zero-order chi connectivity index (χ0) is 17.2. The largest absolute Gasteiger partial charge is 0.494 e. The maximum atomic E-state index is 5.80. The summed E-state index contributed by atoms with van der Waals surface area (Å²) >= 11 is 0. The van der Waals surface area contributed by atoms with Crippen LogP contribution in [0.25, 0.3) is 0 Å². The van der Waals surface area contributed by atoms with Crippen molar-refractivity contribution in [2.75, 3.05) is 31.6 Å². The molecule has 0 saturated heterocycles. The molecule has 132 valence electrons. The molecule has 0 fully saturated rings. The van der Waals surface area contributed by atoms with Crippen LogP contribution in [-0.4, -0.2) is 36.9 Å². The molecule has 0 radical (unpaired) electrons. The Hall–Kier alpha value is -2.08. The van der Waals surface area contributed by atoms with Gasteiger partial charge in [-0.15, -0.1) is 5.10 Å². The van der Waals surface area contributed by atoms with Crippen molar-refractivity contribution < 1.29 is 9.15 Å². The first-order valence-corrected chi connectivity index (χ1v) is 8.68. The molecular formula is C18H28N4O2. The van der Waals surface area contributed by atoms with E-state index in [0.717, 1.165) is 44.4 Å². The highest BCUT2D eigenvalue weighted by atomic mass is 16.5. The molecule has 1 aromatic heterocycles. The van der Waals surface area contributed by atoms with Gasteiger partial charge in [-0.05, 0) is 49.9 Å². The predicted molar refractivity (Wildman–Crippen MR) is 95.5 cm³/mol. The lowest BCUT2D eigenvalue weighted by Gasteiger charge is -2.14. The van der Waals surface area contributed by atoms with Crippen LogP contribution in [-0.2, 0) is 12.8 Å². The highest BCUT2D eigenvalue weighted by molar-refractivity contribution is 5.28. The minimum atomic E-state index is 0.561. The number of hydrogen-bond donors (Lipinski definition) is 1. The fourth-order valence-electron chi connectivity index (χ4n) is 2.36. The van der Waals surface area contributed by atoms with Crippen LogP contribution in [0, 0.1) is 0 Å². The van der Waals surface area contributed by atoms with E-state index in [4.69, 9.17) is 14.9 Å². The Morgan fingerprint density at radius 1 is 1.21 bits per heavy atom. The van der Waals surface area contributed by atoms with E-state index in [-0.39, 0.29) is 0 Å². The molecule has 2 rings (SSSR count). The summed E-state index contributed by atoms with van der Waals surface area (Å²) in [7, 11) is 1.95. The lowest BCUT2D eigenvalue weighted by molar-refractivity contribution is 0.311. The predicted octanol–water partition coefficient (Wildman–Crippen LogP) is 2.82. The van der Waals surface area contributed by atoms with Gasteiger partial charge in [0.25, 0.3) is 0 Å². The van der Waals surface area contributed by atoms with Crippen LogP contribution < -0.4 is 15.4 Å². The van der Waals surface area contributed by atoms with Gasteiger partial charge in [0, 0.05) is 20.0 Å². The number of rotatable bonds is 11. The molecule has 2 aromatic rings. The van der Waals surface area contributed by atoms with Crippen LogP contribution in [0.1, 0.15) is 37.6 Å². The van der Waals surface area contributed by atoms with Crippen LogP contribution in [0.3, 0.4) is 0 Å². The second kappa shape index (κ2) is 9.93. The van der Waals surface area contributed by atoms with Gasteiger partial charge in [0.05, 0.1) is 6.61 Å². The minimum Gasteiger partial charge on any atom is -0.494 e. The first-order chi connectivity index (χ1) is 11.7. The van der Waals surface area contributed by atoms with E-state index in [0.29, 0.717) is 25.1 Å². The van der Waals surface area contributed by atoms with Crippen molar-refractivity contribution in [2.24, 2.45) is 5.73 Å². The monoisotopic (exact) mass is 332 g/mol. The Morgan fingerprint density at radius 2 is 2.08 bits per heavy atom. The summed E-state index contributed by atoms with van der Waals surface area (Å²) in [5.41, 5.74) is 6.78. The Labute approximate surface area is 144 Å². The highest BCUT2D eigenvalue weighted by Gasteiger charge is 2.10. The summed E-state index contributed by atoms with van der Waals surface area (Å²) in [6.07, 6.45) is 4.65. The van der Waals surface area contributed by atoms with Gasteiger partial charge >= 0.3 is 6.01 Å². The fourth-order valence-corrected chi connectivity index (χ4v) is 2.36. The average Bonchev–Trinajstić information content (AvgIpc) is 3.08. The molecule has 0 aliphatic rings. The number of nitrogens with zero attached hydrogens (tertiary/aromatic N) is 3. The summed E-state index contributed by atoms with van der Waals surface area (Å²) in [5.74, 6) is 1.61. The van der Waals surface area contributed by atoms with E-state index in [1.165, 1.54) is 5.56 Å². The van der Waals surface area contributed by atoms with Crippen LogP contribution in [0.2, 0.25) is 0 Å². The zero-order valence-electron chi connectivity index (χ0n) is 14.7. The van der Waals surface area contributed by atoms with Crippen LogP contribution in [0.4, 0.5) is 6.01 Å². The molecule has 1 heterocycles. The minimum absolute atomic E-state index is 0.561.